The van der Waals surface area contributed by atoms with Crippen LogP contribution in [0.1, 0.15) is 49.5 Å². The second kappa shape index (κ2) is 5.21. The Bertz CT molecular complexity index is 409. The monoisotopic (exact) mass is 235 g/mol. The van der Waals surface area contributed by atoms with Gasteiger partial charge in [-0.3, -0.25) is 0 Å². The molecule has 0 spiro atoms. The number of rotatable bonds is 5. The fourth-order valence-corrected chi connectivity index (χ4v) is 1.70. The molecule has 1 aromatic rings. The van der Waals surface area contributed by atoms with Crippen LogP contribution in [0.15, 0.2) is 18.2 Å². The number of hydrogen-bond donors (Lipinski definition) is 2. The Labute approximate surface area is 103 Å². The summed E-state index contributed by atoms with van der Waals surface area (Å²) in [6.07, 6.45) is 1.91. The molecule has 0 heterocycles. The van der Waals surface area contributed by atoms with Crippen molar-refractivity contribution in [1.82, 2.24) is 0 Å². The van der Waals surface area contributed by atoms with Crippen molar-refractivity contribution in [2.24, 2.45) is 0 Å². The van der Waals surface area contributed by atoms with E-state index in [-0.39, 0.29) is 5.54 Å². The average Bonchev–Trinajstić information content (AvgIpc) is 2.28. The maximum absolute atomic E-state index is 11.2. The van der Waals surface area contributed by atoms with E-state index >= 15 is 0 Å². The third-order valence-electron chi connectivity index (χ3n) is 3.40. The molecule has 3 nitrogen and oxygen atoms in total. The third kappa shape index (κ3) is 3.22. The summed E-state index contributed by atoms with van der Waals surface area (Å²) in [5, 5.41) is 12.5. The summed E-state index contributed by atoms with van der Waals surface area (Å²) in [7, 11) is 0. The van der Waals surface area contributed by atoms with Gasteiger partial charge in [0.25, 0.3) is 0 Å². The smallest absolute Gasteiger partial charge is 0.337 e. The van der Waals surface area contributed by atoms with Crippen LogP contribution in [0.2, 0.25) is 0 Å². The number of aryl methyl sites for hydroxylation is 1. The Kier molecular flexibility index (Phi) is 4.16. The van der Waals surface area contributed by atoms with Crippen LogP contribution < -0.4 is 5.32 Å². The van der Waals surface area contributed by atoms with E-state index in [9.17, 15) is 4.79 Å². The lowest BCUT2D eigenvalue weighted by Gasteiger charge is -2.30. The number of anilines is 1. The zero-order chi connectivity index (χ0) is 13.1. The van der Waals surface area contributed by atoms with E-state index in [4.69, 9.17) is 5.11 Å². The molecule has 0 aliphatic carbocycles. The number of hydrogen-bond acceptors (Lipinski definition) is 2. The summed E-state index contributed by atoms with van der Waals surface area (Å²) in [5.41, 5.74) is 2.05. The molecule has 0 aliphatic rings. The molecule has 0 radical (unpaired) electrons. The van der Waals surface area contributed by atoms with Gasteiger partial charge in [-0.1, -0.05) is 19.9 Å². The van der Waals surface area contributed by atoms with E-state index in [0.717, 1.165) is 18.4 Å². The summed E-state index contributed by atoms with van der Waals surface area (Å²) >= 11 is 0. The molecule has 3 heteroatoms. The Balaban J connectivity index is 3.12. The average molecular weight is 235 g/mol. The van der Waals surface area contributed by atoms with Crippen LogP contribution in [0.4, 0.5) is 5.69 Å². The number of carboxylic acids is 1. The molecule has 0 saturated heterocycles. The number of nitrogens with one attached hydrogen (secondary N) is 1. The normalized spacial score (nSPS) is 11.3. The first-order valence-corrected chi connectivity index (χ1v) is 6.04. The minimum absolute atomic E-state index is 0.0575. The zero-order valence-electron chi connectivity index (χ0n) is 11.0. The fourth-order valence-electron chi connectivity index (χ4n) is 1.70. The van der Waals surface area contributed by atoms with Crippen molar-refractivity contribution < 1.29 is 9.90 Å². The van der Waals surface area contributed by atoms with Crippen LogP contribution in [-0.2, 0) is 0 Å². The molecule has 0 aliphatic heterocycles. The summed E-state index contributed by atoms with van der Waals surface area (Å²) in [5.74, 6) is -0.887. The maximum Gasteiger partial charge on any atom is 0.337 e. The van der Waals surface area contributed by atoms with Crippen LogP contribution in [0, 0.1) is 6.92 Å². The molecule has 0 atom stereocenters. The molecule has 0 aromatic heterocycles. The highest BCUT2D eigenvalue weighted by atomic mass is 16.4. The van der Waals surface area contributed by atoms with E-state index < -0.39 is 5.97 Å². The van der Waals surface area contributed by atoms with Crippen LogP contribution in [0.25, 0.3) is 0 Å². The predicted molar refractivity (Wildman–Crippen MR) is 70.7 cm³/mol. The molecule has 1 rings (SSSR count). The van der Waals surface area contributed by atoms with Crippen molar-refractivity contribution in [3.05, 3.63) is 29.3 Å². The van der Waals surface area contributed by atoms with E-state index in [1.807, 2.05) is 19.1 Å². The van der Waals surface area contributed by atoms with Crippen molar-refractivity contribution in [3.63, 3.8) is 0 Å². The molecule has 0 unspecified atom stereocenters. The van der Waals surface area contributed by atoms with Gasteiger partial charge in [0, 0.05) is 11.2 Å². The van der Waals surface area contributed by atoms with Crippen molar-refractivity contribution in [2.75, 3.05) is 5.32 Å². The van der Waals surface area contributed by atoms with Gasteiger partial charge in [-0.25, -0.2) is 4.79 Å². The zero-order valence-corrected chi connectivity index (χ0v) is 11.0. The highest BCUT2D eigenvalue weighted by molar-refractivity contribution is 5.94. The minimum Gasteiger partial charge on any atom is -0.478 e. The minimum atomic E-state index is -0.887. The SMILES string of the molecule is CCC(C)(CC)Nc1cc(C)ccc1C(=O)O. The quantitative estimate of drug-likeness (QED) is 0.818. The number of aromatic carboxylic acids is 1. The van der Waals surface area contributed by atoms with Gasteiger partial charge in [0.15, 0.2) is 0 Å². The first-order valence-electron chi connectivity index (χ1n) is 6.04. The van der Waals surface area contributed by atoms with Gasteiger partial charge in [-0.2, -0.15) is 0 Å². The first-order chi connectivity index (χ1) is 7.91. The van der Waals surface area contributed by atoms with Gasteiger partial charge in [0.2, 0.25) is 0 Å². The van der Waals surface area contributed by atoms with Gasteiger partial charge < -0.3 is 10.4 Å². The Morgan fingerprint density at radius 1 is 1.35 bits per heavy atom. The van der Waals surface area contributed by atoms with E-state index in [0.29, 0.717) is 11.3 Å². The summed E-state index contributed by atoms with van der Waals surface area (Å²) < 4.78 is 0. The van der Waals surface area contributed by atoms with Gasteiger partial charge in [0.05, 0.1) is 5.56 Å². The predicted octanol–water partition coefficient (Wildman–Crippen LogP) is 3.68. The van der Waals surface area contributed by atoms with Gasteiger partial charge in [-0.05, 0) is 44.4 Å². The highest BCUT2D eigenvalue weighted by Crippen LogP contribution is 2.25. The van der Waals surface area contributed by atoms with Crippen LogP contribution >= 0.6 is 0 Å². The topological polar surface area (TPSA) is 49.3 Å². The number of carbonyl (C=O) groups is 1. The molecule has 0 fully saturated rings. The molecule has 1 aromatic carbocycles. The van der Waals surface area contributed by atoms with Gasteiger partial charge in [0.1, 0.15) is 0 Å². The Morgan fingerprint density at radius 3 is 2.41 bits per heavy atom. The van der Waals surface area contributed by atoms with Crippen LogP contribution in [0.3, 0.4) is 0 Å². The molecule has 94 valence electrons. The second-order valence-corrected chi connectivity index (χ2v) is 4.75. The molecular weight excluding hydrogens is 214 g/mol. The van der Waals surface area contributed by atoms with Gasteiger partial charge in [-0.15, -0.1) is 0 Å². The van der Waals surface area contributed by atoms with E-state index in [1.165, 1.54) is 0 Å². The summed E-state index contributed by atoms with van der Waals surface area (Å²) in [6.45, 7) is 8.28. The number of carboxylic acid groups (broad SMARTS) is 1. The Hall–Kier alpha value is -1.51. The van der Waals surface area contributed by atoms with Crippen molar-refractivity contribution in [1.29, 1.82) is 0 Å². The molecule has 0 amide bonds. The van der Waals surface area contributed by atoms with Crippen molar-refractivity contribution in [2.45, 2.75) is 46.1 Å². The first kappa shape index (κ1) is 13.6. The van der Waals surface area contributed by atoms with Crippen molar-refractivity contribution in [3.8, 4) is 0 Å². The molecular formula is C14H21NO2. The van der Waals surface area contributed by atoms with Crippen molar-refractivity contribution >= 4 is 11.7 Å². The van der Waals surface area contributed by atoms with Crippen LogP contribution in [0.5, 0.6) is 0 Å². The Morgan fingerprint density at radius 2 is 1.94 bits per heavy atom. The standard InChI is InChI=1S/C14H21NO2/c1-5-14(4,6-2)15-12-9-10(3)7-8-11(12)13(16)17/h7-9,15H,5-6H2,1-4H3,(H,16,17). The second-order valence-electron chi connectivity index (χ2n) is 4.75. The lowest BCUT2D eigenvalue weighted by molar-refractivity contribution is 0.0698. The highest BCUT2D eigenvalue weighted by Gasteiger charge is 2.21. The molecule has 17 heavy (non-hydrogen) atoms. The van der Waals surface area contributed by atoms with Crippen LogP contribution in [-0.4, -0.2) is 16.6 Å². The summed E-state index contributed by atoms with van der Waals surface area (Å²) in [6, 6.07) is 5.38. The maximum atomic E-state index is 11.2. The molecule has 0 saturated carbocycles. The number of benzene rings is 1. The lowest BCUT2D eigenvalue weighted by Crippen LogP contribution is -2.33. The van der Waals surface area contributed by atoms with E-state index in [2.05, 4.69) is 26.1 Å². The fraction of sp³-hybridized carbons (Fsp3) is 0.500. The molecule has 2 N–H and O–H groups in total. The largest absolute Gasteiger partial charge is 0.478 e. The van der Waals surface area contributed by atoms with E-state index in [1.54, 1.807) is 6.07 Å². The third-order valence-corrected chi connectivity index (χ3v) is 3.40. The lowest BCUT2D eigenvalue weighted by atomic mass is 9.94. The molecule has 0 bridgehead atoms. The summed E-state index contributed by atoms with van der Waals surface area (Å²) in [4.78, 5) is 11.2. The van der Waals surface area contributed by atoms with Gasteiger partial charge >= 0.3 is 5.97 Å².